The third kappa shape index (κ3) is 2.90. The molecule has 2 atom stereocenters. The second kappa shape index (κ2) is 6.55. The Kier molecular flexibility index (Phi) is 4.42. The van der Waals surface area contributed by atoms with Crippen molar-refractivity contribution in [2.75, 3.05) is 37.8 Å². The predicted octanol–water partition coefficient (Wildman–Crippen LogP) is 3.45. The van der Waals surface area contributed by atoms with Gasteiger partial charge >= 0.3 is 0 Å². The fourth-order valence-corrected chi connectivity index (χ4v) is 4.24. The summed E-state index contributed by atoms with van der Waals surface area (Å²) < 4.78 is 19.3. The zero-order valence-electron chi connectivity index (χ0n) is 14.9. The van der Waals surface area contributed by atoms with Gasteiger partial charge < -0.3 is 15.0 Å². The minimum Gasteiger partial charge on any atom is -0.489 e. The molecule has 0 unspecified atom stereocenters. The lowest BCUT2D eigenvalue weighted by atomic mass is 9.90. The van der Waals surface area contributed by atoms with Gasteiger partial charge in [-0.05, 0) is 74.4 Å². The van der Waals surface area contributed by atoms with E-state index >= 15 is 0 Å². The number of rotatable bonds is 4. The topological polar surface area (TPSA) is 24.5 Å². The van der Waals surface area contributed by atoms with Gasteiger partial charge in [0.2, 0.25) is 0 Å². The summed E-state index contributed by atoms with van der Waals surface area (Å²) in [6, 6.07) is 2.59. The van der Waals surface area contributed by atoms with Crippen molar-refractivity contribution < 1.29 is 9.13 Å². The van der Waals surface area contributed by atoms with Gasteiger partial charge in [-0.15, -0.1) is 0 Å². The van der Waals surface area contributed by atoms with Crippen LogP contribution in [0.4, 0.5) is 10.1 Å². The Morgan fingerprint density at radius 1 is 1.33 bits per heavy atom. The van der Waals surface area contributed by atoms with Crippen LogP contribution in [0.3, 0.4) is 0 Å². The van der Waals surface area contributed by atoms with Crippen LogP contribution in [0.15, 0.2) is 6.07 Å². The van der Waals surface area contributed by atoms with Crippen molar-refractivity contribution in [1.82, 2.24) is 5.32 Å². The summed E-state index contributed by atoms with van der Waals surface area (Å²) in [4.78, 5) is 2.44. The van der Waals surface area contributed by atoms with Crippen LogP contribution < -0.4 is 15.0 Å². The van der Waals surface area contributed by atoms with E-state index in [-0.39, 0.29) is 12.6 Å². The number of benzene rings is 1. The molecule has 0 bridgehead atoms. The fraction of sp³-hybridized carbons (Fsp3) is 0.700. The molecule has 1 fully saturated rings. The molecule has 3 nitrogen and oxygen atoms in total. The van der Waals surface area contributed by atoms with Gasteiger partial charge in [0.1, 0.15) is 12.4 Å². The molecule has 24 heavy (non-hydrogen) atoms. The smallest absolute Gasteiger partial charge is 0.143 e. The van der Waals surface area contributed by atoms with Crippen LogP contribution in [-0.4, -0.2) is 39.0 Å². The predicted molar refractivity (Wildman–Crippen MR) is 96.1 cm³/mol. The fourth-order valence-electron chi connectivity index (χ4n) is 4.24. The zero-order valence-corrected chi connectivity index (χ0v) is 14.9. The Labute approximate surface area is 144 Å². The van der Waals surface area contributed by atoms with Crippen LogP contribution in [0.25, 0.3) is 0 Å². The van der Waals surface area contributed by atoms with E-state index in [1.54, 1.807) is 5.56 Å². The molecule has 0 radical (unpaired) electrons. The van der Waals surface area contributed by atoms with Gasteiger partial charge in [0, 0.05) is 12.5 Å². The largest absolute Gasteiger partial charge is 0.489 e. The summed E-state index contributed by atoms with van der Waals surface area (Å²) in [6.07, 6.45) is 4.77. The molecule has 1 saturated carbocycles. The molecular weight excluding hydrogens is 303 g/mol. The summed E-state index contributed by atoms with van der Waals surface area (Å²) >= 11 is 0. The number of alkyl halides is 1. The van der Waals surface area contributed by atoms with Crippen molar-refractivity contribution in [3.8, 4) is 5.75 Å². The van der Waals surface area contributed by atoms with Crippen LogP contribution >= 0.6 is 0 Å². The Hall–Kier alpha value is -1.29. The number of nitrogens with one attached hydrogen (secondary N) is 1. The molecule has 0 amide bonds. The lowest BCUT2D eigenvalue weighted by molar-refractivity contribution is 0.260. The maximum Gasteiger partial charge on any atom is 0.143 e. The molecule has 4 heteroatoms. The Morgan fingerprint density at radius 3 is 2.88 bits per heavy atom. The van der Waals surface area contributed by atoms with E-state index in [9.17, 15) is 4.39 Å². The van der Waals surface area contributed by atoms with Crippen LogP contribution in [0.1, 0.15) is 49.3 Å². The van der Waals surface area contributed by atoms with Gasteiger partial charge in [0.25, 0.3) is 0 Å². The molecule has 1 N–H and O–H groups in total. The monoisotopic (exact) mass is 332 g/mol. The summed E-state index contributed by atoms with van der Waals surface area (Å²) in [7, 11) is 0. The molecule has 0 aromatic heterocycles. The first-order valence-electron chi connectivity index (χ1n) is 9.53. The standard InChI is InChI=1S/C20H29FN2O/c1-13(10-21)11-23-14(2)12-24-18-9-16-5-7-22-8-6-17(16)19(20(18)23)15-3-4-15/h9,13-15,22H,3-8,10-12H2,1-2H3/t13-,14+/m1/s1. The van der Waals surface area contributed by atoms with Crippen molar-refractivity contribution in [1.29, 1.82) is 0 Å². The maximum atomic E-state index is 13.2. The first-order valence-corrected chi connectivity index (χ1v) is 9.53. The minimum atomic E-state index is -0.257. The van der Waals surface area contributed by atoms with E-state index in [1.165, 1.54) is 29.7 Å². The normalized spacial score (nSPS) is 24.6. The Balaban J connectivity index is 1.83. The summed E-state index contributed by atoms with van der Waals surface area (Å²) in [6.45, 7) is 7.55. The molecule has 0 saturated heterocycles. The van der Waals surface area contributed by atoms with E-state index in [0.717, 1.165) is 38.2 Å². The third-order valence-electron chi connectivity index (χ3n) is 5.69. The van der Waals surface area contributed by atoms with E-state index in [2.05, 4.69) is 23.2 Å². The Morgan fingerprint density at radius 2 is 2.12 bits per heavy atom. The van der Waals surface area contributed by atoms with Gasteiger partial charge in [-0.1, -0.05) is 6.92 Å². The van der Waals surface area contributed by atoms with Crippen molar-refractivity contribution in [3.63, 3.8) is 0 Å². The first-order chi connectivity index (χ1) is 11.7. The number of hydrogen-bond acceptors (Lipinski definition) is 3. The molecule has 3 aliphatic rings. The van der Waals surface area contributed by atoms with E-state index in [1.807, 2.05) is 6.92 Å². The molecular formula is C20H29FN2O. The molecule has 1 aromatic carbocycles. The van der Waals surface area contributed by atoms with Crippen molar-refractivity contribution in [2.45, 2.75) is 51.5 Å². The molecule has 2 heterocycles. The van der Waals surface area contributed by atoms with Crippen LogP contribution in [-0.2, 0) is 12.8 Å². The summed E-state index contributed by atoms with van der Waals surface area (Å²) in [5, 5.41) is 3.53. The van der Waals surface area contributed by atoms with Gasteiger partial charge in [0.05, 0.1) is 18.4 Å². The maximum absolute atomic E-state index is 13.2. The molecule has 132 valence electrons. The zero-order chi connectivity index (χ0) is 16.7. The van der Waals surface area contributed by atoms with E-state index in [0.29, 0.717) is 18.6 Å². The van der Waals surface area contributed by atoms with Gasteiger partial charge in [0.15, 0.2) is 0 Å². The Bertz CT molecular complexity index is 614. The first kappa shape index (κ1) is 16.2. The number of ether oxygens (including phenoxy) is 1. The minimum absolute atomic E-state index is 0.0610. The molecule has 4 rings (SSSR count). The summed E-state index contributed by atoms with van der Waals surface area (Å²) in [5.41, 5.74) is 5.84. The third-order valence-corrected chi connectivity index (χ3v) is 5.69. The second-order valence-electron chi connectivity index (χ2n) is 7.87. The van der Waals surface area contributed by atoms with E-state index < -0.39 is 0 Å². The molecule has 1 aromatic rings. The highest BCUT2D eigenvalue weighted by atomic mass is 19.1. The number of fused-ring (bicyclic) bond motifs is 2. The molecule has 2 aliphatic heterocycles. The second-order valence-corrected chi connectivity index (χ2v) is 7.87. The number of halogens is 1. The van der Waals surface area contributed by atoms with Crippen molar-refractivity contribution >= 4 is 5.69 Å². The number of nitrogens with zero attached hydrogens (tertiary/aromatic N) is 1. The van der Waals surface area contributed by atoms with Crippen LogP contribution in [0.2, 0.25) is 0 Å². The lowest BCUT2D eigenvalue weighted by Crippen LogP contribution is -2.44. The highest BCUT2D eigenvalue weighted by Crippen LogP contribution is 2.52. The van der Waals surface area contributed by atoms with Crippen molar-refractivity contribution in [3.05, 3.63) is 22.8 Å². The quantitative estimate of drug-likeness (QED) is 0.914. The number of hydrogen-bond donors (Lipinski definition) is 1. The summed E-state index contributed by atoms with van der Waals surface area (Å²) in [5.74, 6) is 1.79. The van der Waals surface area contributed by atoms with Gasteiger partial charge in [-0.2, -0.15) is 0 Å². The SMILES string of the molecule is C[C@H](CF)CN1c2c(cc3c(c2C2CC2)CCNCC3)OC[C@@H]1C. The lowest BCUT2D eigenvalue weighted by Gasteiger charge is -2.40. The highest BCUT2D eigenvalue weighted by Gasteiger charge is 2.37. The molecule has 0 spiro atoms. The van der Waals surface area contributed by atoms with Gasteiger partial charge in [-0.3, -0.25) is 4.39 Å². The highest BCUT2D eigenvalue weighted by molar-refractivity contribution is 5.71. The van der Waals surface area contributed by atoms with Gasteiger partial charge in [-0.25, -0.2) is 0 Å². The van der Waals surface area contributed by atoms with Crippen molar-refractivity contribution in [2.24, 2.45) is 5.92 Å². The van der Waals surface area contributed by atoms with Crippen LogP contribution in [0, 0.1) is 5.92 Å². The molecule has 1 aliphatic carbocycles. The number of anilines is 1. The average molecular weight is 332 g/mol. The average Bonchev–Trinajstić information content (AvgIpc) is 3.42. The van der Waals surface area contributed by atoms with Crippen LogP contribution in [0.5, 0.6) is 5.75 Å². The van der Waals surface area contributed by atoms with E-state index in [4.69, 9.17) is 4.74 Å².